The van der Waals surface area contributed by atoms with Crippen LogP contribution in [0.3, 0.4) is 0 Å². The molecule has 226 valence electrons. The number of esters is 2. The van der Waals surface area contributed by atoms with Crippen molar-refractivity contribution in [3.8, 4) is 22.7 Å². The van der Waals surface area contributed by atoms with Crippen LogP contribution in [0.2, 0.25) is 5.02 Å². The van der Waals surface area contributed by atoms with Crippen molar-refractivity contribution in [2.45, 2.75) is 26.8 Å². The molecule has 5 aromatic rings. The molecule has 0 aliphatic carbocycles. The number of thiazole rings is 1. The number of ether oxygens (including phenoxy) is 2. The van der Waals surface area contributed by atoms with E-state index in [1.165, 1.54) is 22.8 Å². The number of hydrogen-bond donors (Lipinski definition) is 0. The fourth-order valence-electron chi connectivity index (χ4n) is 5.17. The van der Waals surface area contributed by atoms with E-state index in [-0.39, 0.29) is 17.7 Å². The molecule has 0 N–H and O–H groups in total. The van der Waals surface area contributed by atoms with Crippen LogP contribution in [0.15, 0.2) is 106 Å². The van der Waals surface area contributed by atoms with Crippen molar-refractivity contribution < 1.29 is 19.1 Å². The van der Waals surface area contributed by atoms with Crippen molar-refractivity contribution in [3.63, 3.8) is 0 Å². The molecular formula is C34H27ClN4O5S. The molecule has 0 radical (unpaired) electrons. The van der Waals surface area contributed by atoms with Gasteiger partial charge in [-0.3, -0.25) is 14.2 Å². The van der Waals surface area contributed by atoms with Gasteiger partial charge in [0.1, 0.15) is 11.4 Å². The van der Waals surface area contributed by atoms with Gasteiger partial charge in [-0.25, -0.2) is 14.5 Å². The minimum Gasteiger partial charge on any atom is -0.463 e. The summed E-state index contributed by atoms with van der Waals surface area (Å²) in [6, 6.07) is 22.9. The monoisotopic (exact) mass is 638 g/mol. The number of halogens is 1. The van der Waals surface area contributed by atoms with E-state index < -0.39 is 18.0 Å². The topological polar surface area (TPSA) is 105 Å². The third kappa shape index (κ3) is 6.02. The third-order valence-electron chi connectivity index (χ3n) is 7.14. The zero-order chi connectivity index (χ0) is 31.7. The van der Waals surface area contributed by atoms with Gasteiger partial charge in [-0.05, 0) is 61.9 Å². The lowest BCUT2D eigenvalue weighted by Gasteiger charge is -2.24. The zero-order valence-corrected chi connectivity index (χ0v) is 26.1. The van der Waals surface area contributed by atoms with Crippen molar-refractivity contribution in [2.75, 3.05) is 6.61 Å². The molecule has 11 heteroatoms. The second kappa shape index (κ2) is 12.5. The van der Waals surface area contributed by atoms with Crippen LogP contribution in [-0.4, -0.2) is 32.9 Å². The predicted octanol–water partition coefficient (Wildman–Crippen LogP) is 5.23. The highest BCUT2D eigenvalue weighted by atomic mass is 35.5. The van der Waals surface area contributed by atoms with E-state index in [1.807, 2.05) is 48.7 Å². The molecule has 6 rings (SSSR count). The molecule has 0 saturated carbocycles. The number of fused-ring (bicyclic) bond motifs is 1. The quantitative estimate of drug-likeness (QED) is 0.179. The van der Waals surface area contributed by atoms with Crippen LogP contribution in [-0.2, 0) is 14.3 Å². The lowest BCUT2D eigenvalue weighted by Crippen LogP contribution is -2.39. The van der Waals surface area contributed by atoms with Gasteiger partial charge in [0.25, 0.3) is 5.56 Å². The lowest BCUT2D eigenvalue weighted by molar-refractivity contribution is -0.139. The number of para-hydroxylation sites is 1. The van der Waals surface area contributed by atoms with Gasteiger partial charge in [0.15, 0.2) is 4.80 Å². The third-order valence-corrected chi connectivity index (χ3v) is 8.38. The number of carbonyl (C=O) groups is 2. The summed E-state index contributed by atoms with van der Waals surface area (Å²) in [6.07, 6.45) is 3.67. The van der Waals surface area contributed by atoms with Crippen LogP contribution in [0, 0.1) is 0 Å². The van der Waals surface area contributed by atoms with Crippen molar-refractivity contribution in [1.29, 1.82) is 0 Å². The molecule has 45 heavy (non-hydrogen) atoms. The van der Waals surface area contributed by atoms with Gasteiger partial charge in [-0.15, -0.1) is 0 Å². The average Bonchev–Trinajstić information content (AvgIpc) is 3.58. The summed E-state index contributed by atoms with van der Waals surface area (Å²) in [5, 5.41) is 5.46. The fraction of sp³-hybridized carbons (Fsp3) is 0.147. The van der Waals surface area contributed by atoms with Gasteiger partial charge in [-0.2, -0.15) is 5.10 Å². The highest BCUT2D eigenvalue weighted by Gasteiger charge is 2.33. The smallest absolute Gasteiger partial charge is 0.338 e. The number of nitrogens with zero attached hydrogens (tertiary/aromatic N) is 4. The first kappa shape index (κ1) is 30.0. The zero-order valence-electron chi connectivity index (χ0n) is 24.6. The van der Waals surface area contributed by atoms with E-state index in [1.54, 1.807) is 61.0 Å². The first-order chi connectivity index (χ1) is 21.7. The summed E-state index contributed by atoms with van der Waals surface area (Å²) in [6.45, 7) is 4.93. The Morgan fingerprint density at radius 1 is 1.02 bits per heavy atom. The van der Waals surface area contributed by atoms with Crippen molar-refractivity contribution in [3.05, 3.63) is 132 Å². The summed E-state index contributed by atoms with van der Waals surface area (Å²) in [5.74, 6) is -0.661. The molecule has 0 amide bonds. The van der Waals surface area contributed by atoms with Crippen LogP contribution in [0.25, 0.3) is 23.0 Å². The molecular weight excluding hydrogens is 612 g/mol. The van der Waals surface area contributed by atoms with E-state index in [4.69, 9.17) is 26.2 Å². The maximum Gasteiger partial charge on any atom is 0.338 e. The summed E-state index contributed by atoms with van der Waals surface area (Å²) >= 11 is 7.39. The normalized spacial score (nSPS) is 14.6. The van der Waals surface area contributed by atoms with E-state index in [9.17, 15) is 14.4 Å². The molecule has 1 unspecified atom stereocenters. The Morgan fingerprint density at radius 3 is 2.40 bits per heavy atom. The van der Waals surface area contributed by atoms with Gasteiger partial charge in [-0.1, -0.05) is 65.4 Å². The minimum atomic E-state index is -0.809. The van der Waals surface area contributed by atoms with Gasteiger partial charge < -0.3 is 9.47 Å². The minimum absolute atomic E-state index is 0.164. The second-order valence-electron chi connectivity index (χ2n) is 10.2. The summed E-state index contributed by atoms with van der Waals surface area (Å²) in [5.41, 5.74) is 4.10. The largest absolute Gasteiger partial charge is 0.463 e. The Bertz CT molecular complexity index is 2130. The Morgan fingerprint density at radius 2 is 1.73 bits per heavy atom. The molecule has 1 aliphatic heterocycles. The molecule has 2 aromatic heterocycles. The number of aromatic nitrogens is 3. The fourth-order valence-corrected chi connectivity index (χ4v) is 6.33. The molecule has 0 bridgehead atoms. The van der Waals surface area contributed by atoms with Gasteiger partial charge >= 0.3 is 11.9 Å². The highest BCUT2D eigenvalue weighted by Crippen LogP contribution is 2.32. The summed E-state index contributed by atoms with van der Waals surface area (Å²) < 4.78 is 14.3. The number of hydrogen-bond acceptors (Lipinski definition) is 8. The predicted molar refractivity (Wildman–Crippen MR) is 172 cm³/mol. The van der Waals surface area contributed by atoms with E-state index >= 15 is 0 Å². The number of allylic oxidation sites excluding steroid dienone is 1. The summed E-state index contributed by atoms with van der Waals surface area (Å²) in [7, 11) is 0. The first-order valence-electron chi connectivity index (χ1n) is 14.1. The molecule has 3 aromatic carbocycles. The average molecular weight is 639 g/mol. The highest BCUT2D eigenvalue weighted by molar-refractivity contribution is 7.07. The number of carbonyl (C=O) groups excluding carboxylic acids is 2. The summed E-state index contributed by atoms with van der Waals surface area (Å²) in [4.78, 5) is 44.0. The molecule has 0 spiro atoms. The standard InChI is InChI=1S/C34H27ClN4O5S/c1-4-43-33(42)29-20(2)36-34-39(31(29)23-12-16-27(17-13-23)44-21(3)40)32(41)28(45-34)18-24-19-38(26-8-6-5-7-9-26)37-30(24)22-10-14-25(35)15-11-22/h5-19,31H,4H2,1-3H3. The molecule has 3 heterocycles. The molecule has 9 nitrogen and oxygen atoms in total. The Hall–Kier alpha value is -5.06. The van der Waals surface area contributed by atoms with Gasteiger partial charge in [0.05, 0.1) is 34.1 Å². The molecule has 1 aliphatic rings. The van der Waals surface area contributed by atoms with Crippen LogP contribution in [0.4, 0.5) is 0 Å². The van der Waals surface area contributed by atoms with Crippen molar-refractivity contribution in [2.24, 2.45) is 4.99 Å². The maximum atomic E-state index is 14.2. The van der Waals surface area contributed by atoms with Gasteiger partial charge in [0.2, 0.25) is 0 Å². The first-order valence-corrected chi connectivity index (χ1v) is 15.3. The number of benzene rings is 3. The van der Waals surface area contributed by atoms with E-state index in [0.717, 1.165) is 16.8 Å². The van der Waals surface area contributed by atoms with Crippen molar-refractivity contribution >= 4 is 41.0 Å². The van der Waals surface area contributed by atoms with Crippen molar-refractivity contribution in [1.82, 2.24) is 14.3 Å². The molecule has 0 fully saturated rings. The van der Waals surface area contributed by atoms with E-state index in [0.29, 0.717) is 37.1 Å². The Balaban J connectivity index is 1.53. The second-order valence-corrected chi connectivity index (χ2v) is 11.6. The van der Waals surface area contributed by atoms with Crippen LogP contribution in [0.1, 0.15) is 37.9 Å². The Kier molecular flexibility index (Phi) is 8.34. The van der Waals surface area contributed by atoms with E-state index in [2.05, 4.69) is 4.99 Å². The molecule has 1 atom stereocenters. The SMILES string of the molecule is CCOC(=O)C1=C(C)N=c2sc(=Cc3cn(-c4ccccc4)nc3-c3ccc(Cl)cc3)c(=O)n2C1c1ccc(OC(C)=O)cc1. The van der Waals surface area contributed by atoms with Crippen LogP contribution in [0.5, 0.6) is 5.75 Å². The van der Waals surface area contributed by atoms with Crippen LogP contribution >= 0.6 is 22.9 Å². The number of rotatable bonds is 7. The lowest BCUT2D eigenvalue weighted by atomic mass is 9.96. The van der Waals surface area contributed by atoms with Gasteiger partial charge in [0, 0.05) is 29.3 Å². The van der Waals surface area contributed by atoms with Crippen LogP contribution < -0.4 is 19.6 Å². The Labute approximate surface area is 267 Å². The maximum absolute atomic E-state index is 14.2. The molecule has 0 saturated heterocycles.